The molecule has 0 atom stereocenters. The molecule has 1 aromatic carbocycles. The molecule has 0 unspecified atom stereocenters. The van der Waals surface area contributed by atoms with Gasteiger partial charge in [0.1, 0.15) is 5.75 Å². The van der Waals surface area contributed by atoms with E-state index in [2.05, 4.69) is 0 Å². The van der Waals surface area contributed by atoms with E-state index in [1.54, 1.807) is 12.0 Å². The van der Waals surface area contributed by atoms with Gasteiger partial charge in [-0.05, 0) is 61.9 Å². The number of ether oxygens (including phenoxy) is 1. The Bertz CT molecular complexity index is 1020. The minimum atomic E-state index is -3.71. The first-order chi connectivity index (χ1) is 13.9. The zero-order valence-electron chi connectivity index (χ0n) is 16.8. The van der Waals surface area contributed by atoms with Crippen LogP contribution in [-0.4, -0.2) is 45.4 Å². The summed E-state index contributed by atoms with van der Waals surface area (Å²) in [6, 6.07) is 6.68. The number of hydrogen-bond donors (Lipinski definition) is 0. The van der Waals surface area contributed by atoms with Crippen molar-refractivity contribution in [3.8, 4) is 5.75 Å². The lowest BCUT2D eigenvalue weighted by Gasteiger charge is -2.31. The van der Waals surface area contributed by atoms with Crippen molar-refractivity contribution in [2.45, 2.75) is 44.1 Å². The van der Waals surface area contributed by atoms with Crippen molar-refractivity contribution in [2.24, 2.45) is 0 Å². The highest BCUT2D eigenvalue weighted by atomic mass is 32.2. The van der Waals surface area contributed by atoms with Crippen molar-refractivity contribution >= 4 is 21.6 Å². The molecule has 0 N–H and O–H groups in total. The van der Waals surface area contributed by atoms with Crippen molar-refractivity contribution in [3.05, 3.63) is 41.2 Å². The lowest BCUT2D eigenvalue weighted by Crippen LogP contribution is -2.36. The molecule has 2 aliphatic heterocycles. The van der Waals surface area contributed by atoms with Crippen LogP contribution in [0, 0.1) is 6.92 Å². The number of nitrogens with zero attached hydrogens (tertiary/aromatic N) is 2. The molecule has 0 saturated carbocycles. The molecule has 3 heterocycles. The molecule has 29 heavy (non-hydrogen) atoms. The number of carbonyl (C=O) groups excluding carboxylic acids is 1. The molecule has 0 radical (unpaired) electrons. The average molecular weight is 419 g/mol. The molecule has 1 fully saturated rings. The van der Waals surface area contributed by atoms with E-state index in [1.165, 1.54) is 16.4 Å². The molecule has 2 aromatic rings. The first-order valence-electron chi connectivity index (χ1n) is 10.0. The molecule has 0 spiro atoms. The van der Waals surface area contributed by atoms with Crippen LogP contribution in [0.3, 0.4) is 0 Å². The number of benzene rings is 1. The van der Waals surface area contributed by atoms with Crippen LogP contribution in [0.15, 0.2) is 33.8 Å². The van der Waals surface area contributed by atoms with Gasteiger partial charge in [0, 0.05) is 19.6 Å². The van der Waals surface area contributed by atoms with Crippen LogP contribution in [0.2, 0.25) is 0 Å². The Balaban J connectivity index is 1.65. The summed E-state index contributed by atoms with van der Waals surface area (Å²) >= 11 is 0. The number of methoxy groups -OCH3 is 1. The molecular formula is C21H26N2O5S. The number of fused-ring (bicyclic) bond motifs is 1. The first-order valence-corrected chi connectivity index (χ1v) is 11.5. The van der Waals surface area contributed by atoms with Crippen LogP contribution in [0.25, 0.3) is 0 Å². The summed E-state index contributed by atoms with van der Waals surface area (Å²) in [6.45, 7) is 3.52. The standard InChI is InChI=1S/C21H26N2O5S/c1-15-8-9-17(27-2)20-16(15)7-6-14-23(20)21(24)18-10-11-19(28-18)29(25,26)22-12-4-3-5-13-22/h8-11H,3-7,12-14H2,1-2H3. The summed E-state index contributed by atoms with van der Waals surface area (Å²) in [7, 11) is -2.13. The van der Waals surface area contributed by atoms with Crippen LogP contribution in [0.1, 0.15) is 47.4 Å². The van der Waals surface area contributed by atoms with Crippen LogP contribution < -0.4 is 9.64 Å². The second kappa shape index (κ2) is 7.84. The topological polar surface area (TPSA) is 80.1 Å². The number of carbonyl (C=O) groups is 1. The normalized spacial score (nSPS) is 17.8. The molecular weight excluding hydrogens is 392 g/mol. The molecule has 1 aromatic heterocycles. The Labute approximate surface area is 171 Å². The van der Waals surface area contributed by atoms with Gasteiger partial charge < -0.3 is 14.1 Å². The third-order valence-electron chi connectivity index (χ3n) is 5.72. The minimum Gasteiger partial charge on any atom is -0.495 e. The van der Waals surface area contributed by atoms with E-state index in [4.69, 9.17) is 9.15 Å². The molecule has 1 saturated heterocycles. The van der Waals surface area contributed by atoms with Gasteiger partial charge >= 0.3 is 0 Å². The third kappa shape index (κ3) is 3.55. The number of furan rings is 1. The maximum atomic E-state index is 13.2. The Morgan fingerprint density at radius 3 is 2.52 bits per heavy atom. The second-order valence-corrected chi connectivity index (χ2v) is 9.42. The molecule has 0 aliphatic carbocycles. The van der Waals surface area contributed by atoms with Gasteiger partial charge in [-0.3, -0.25) is 4.79 Å². The number of rotatable bonds is 4. The smallest absolute Gasteiger partial charge is 0.294 e. The molecule has 1 amide bonds. The van der Waals surface area contributed by atoms with Gasteiger partial charge in [0.15, 0.2) is 5.76 Å². The fourth-order valence-electron chi connectivity index (χ4n) is 4.16. The summed E-state index contributed by atoms with van der Waals surface area (Å²) < 4.78 is 38.2. The third-order valence-corrected chi connectivity index (χ3v) is 7.50. The summed E-state index contributed by atoms with van der Waals surface area (Å²) in [5.41, 5.74) is 2.93. The fourth-order valence-corrected chi connectivity index (χ4v) is 5.59. The Kier molecular flexibility index (Phi) is 5.40. The zero-order valence-corrected chi connectivity index (χ0v) is 17.6. The van der Waals surface area contributed by atoms with E-state index in [1.807, 2.05) is 19.1 Å². The summed E-state index contributed by atoms with van der Waals surface area (Å²) in [5.74, 6) is 0.304. The van der Waals surface area contributed by atoms with Gasteiger partial charge in [-0.25, -0.2) is 8.42 Å². The number of anilines is 1. The Morgan fingerprint density at radius 1 is 1.03 bits per heavy atom. The monoisotopic (exact) mass is 418 g/mol. The second-order valence-electron chi connectivity index (χ2n) is 7.56. The quantitative estimate of drug-likeness (QED) is 0.761. The van der Waals surface area contributed by atoms with Crippen LogP contribution >= 0.6 is 0 Å². The highest BCUT2D eigenvalue weighted by Gasteiger charge is 2.33. The predicted octanol–water partition coefficient (Wildman–Crippen LogP) is 3.36. The van der Waals surface area contributed by atoms with Gasteiger partial charge in [-0.2, -0.15) is 4.31 Å². The molecule has 2 aliphatic rings. The van der Waals surface area contributed by atoms with Crippen molar-refractivity contribution in [3.63, 3.8) is 0 Å². The summed E-state index contributed by atoms with van der Waals surface area (Å²) in [4.78, 5) is 14.9. The number of piperidine rings is 1. The van der Waals surface area contributed by atoms with Crippen LogP contribution in [-0.2, 0) is 16.4 Å². The van der Waals surface area contributed by atoms with Crippen LogP contribution in [0.5, 0.6) is 5.75 Å². The summed E-state index contributed by atoms with van der Waals surface area (Å²) in [5, 5.41) is -0.170. The maximum absolute atomic E-state index is 13.2. The van der Waals surface area contributed by atoms with Gasteiger partial charge in [-0.15, -0.1) is 0 Å². The summed E-state index contributed by atoms with van der Waals surface area (Å²) in [6.07, 6.45) is 4.41. The van der Waals surface area contributed by atoms with Gasteiger partial charge in [0.05, 0.1) is 12.8 Å². The molecule has 4 rings (SSSR count). The number of hydrogen-bond acceptors (Lipinski definition) is 5. The highest BCUT2D eigenvalue weighted by molar-refractivity contribution is 7.89. The SMILES string of the molecule is COc1ccc(C)c2c1N(C(=O)c1ccc(S(=O)(=O)N3CCCCC3)o1)CCC2. The molecule has 7 nitrogen and oxygen atoms in total. The Morgan fingerprint density at radius 2 is 1.79 bits per heavy atom. The van der Waals surface area contributed by atoms with E-state index in [0.29, 0.717) is 25.4 Å². The van der Waals surface area contributed by atoms with E-state index < -0.39 is 10.0 Å². The average Bonchev–Trinajstić information content (AvgIpc) is 3.25. The number of sulfonamides is 1. The van der Waals surface area contributed by atoms with E-state index in [-0.39, 0.29) is 16.8 Å². The van der Waals surface area contributed by atoms with Crippen LogP contribution in [0.4, 0.5) is 5.69 Å². The van der Waals surface area contributed by atoms with Crippen molar-refractivity contribution in [2.75, 3.05) is 31.6 Å². The lowest BCUT2D eigenvalue weighted by atomic mass is 9.96. The largest absolute Gasteiger partial charge is 0.495 e. The lowest BCUT2D eigenvalue weighted by molar-refractivity contribution is 0.0952. The molecule has 156 valence electrons. The fraction of sp³-hybridized carbons (Fsp3) is 0.476. The number of aryl methyl sites for hydroxylation is 1. The molecule has 0 bridgehead atoms. The van der Waals surface area contributed by atoms with E-state index in [9.17, 15) is 13.2 Å². The predicted molar refractivity (Wildman–Crippen MR) is 109 cm³/mol. The van der Waals surface area contributed by atoms with E-state index in [0.717, 1.165) is 48.9 Å². The van der Waals surface area contributed by atoms with Gasteiger partial charge in [0.25, 0.3) is 15.9 Å². The van der Waals surface area contributed by atoms with Gasteiger partial charge in [0.2, 0.25) is 5.09 Å². The minimum absolute atomic E-state index is 0.0250. The molecule has 8 heteroatoms. The highest BCUT2D eigenvalue weighted by Crippen LogP contribution is 2.39. The van der Waals surface area contributed by atoms with Crippen molar-refractivity contribution in [1.82, 2.24) is 4.31 Å². The Hall–Kier alpha value is -2.32. The van der Waals surface area contributed by atoms with Crippen molar-refractivity contribution in [1.29, 1.82) is 0 Å². The zero-order chi connectivity index (χ0) is 20.6. The number of amides is 1. The van der Waals surface area contributed by atoms with Gasteiger partial charge in [-0.1, -0.05) is 12.5 Å². The van der Waals surface area contributed by atoms with E-state index >= 15 is 0 Å². The van der Waals surface area contributed by atoms with Crippen molar-refractivity contribution < 1.29 is 22.4 Å². The first kappa shape index (κ1) is 20.0. The maximum Gasteiger partial charge on any atom is 0.294 e.